The Hall–Kier alpha value is -3.59. The lowest BCUT2D eigenvalue weighted by molar-refractivity contribution is -0.119. The lowest BCUT2D eigenvalue weighted by Gasteiger charge is -2.16. The minimum absolute atomic E-state index is 0.0524. The summed E-state index contributed by atoms with van der Waals surface area (Å²) in [6.07, 6.45) is 0. The van der Waals surface area contributed by atoms with E-state index in [-0.39, 0.29) is 23.3 Å². The van der Waals surface area contributed by atoms with Crippen LogP contribution in [0.4, 0.5) is 4.39 Å². The second-order valence-corrected chi connectivity index (χ2v) is 8.52. The van der Waals surface area contributed by atoms with Crippen molar-refractivity contribution in [1.82, 2.24) is 19.9 Å². The number of carbonyl (C=O) groups excluding carboxylic acids is 1. The van der Waals surface area contributed by atoms with Crippen LogP contribution in [0, 0.1) is 12.7 Å². The van der Waals surface area contributed by atoms with Crippen LogP contribution in [0.15, 0.2) is 64.5 Å². The van der Waals surface area contributed by atoms with Gasteiger partial charge < -0.3 is 15.0 Å². The summed E-state index contributed by atoms with van der Waals surface area (Å²) in [6, 6.07) is 14.6. The number of hydrogen-bond donors (Lipinski definition) is 2. The molecule has 0 aliphatic heterocycles. The van der Waals surface area contributed by atoms with E-state index < -0.39 is 5.82 Å². The molecule has 2 aromatic carbocycles. The van der Waals surface area contributed by atoms with Crippen LogP contribution in [0.5, 0.6) is 5.75 Å². The molecule has 2 aromatic heterocycles. The van der Waals surface area contributed by atoms with Crippen molar-refractivity contribution in [1.29, 1.82) is 0 Å². The number of hydrogen-bond acceptors (Lipinski definition) is 5. The van der Waals surface area contributed by atoms with Crippen LogP contribution in [0.3, 0.4) is 0 Å². The van der Waals surface area contributed by atoms with Crippen molar-refractivity contribution in [3.05, 3.63) is 82.0 Å². The number of aromatic amines is 1. The van der Waals surface area contributed by atoms with Crippen molar-refractivity contribution in [2.75, 3.05) is 12.9 Å². The van der Waals surface area contributed by atoms with Gasteiger partial charge in [-0.05, 0) is 61.9 Å². The van der Waals surface area contributed by atoms with E-state index in [9.17, 15) is 14.0 Å². The zero-order valence-corrected chi connectivity index (χ0v) is 19.2. The molecule has 0 spiro atoms. The smallest absolute Gasteiger partial charge is 0.283 e. The Balaban J connectivity index is 1.58. The van der Waals surface area contributed by atoms with Gasteiger partial charge in [-0.2, -0.15) is 0 Å². The van der Waals surface area contributed by atoms with E-state index in [2.05, 4.69) is 15.3 Å². The van der Waals surface area contributed by atoms with Gasteiger partial charge in [0.2, 0.25) is 5.91 Å². The molecule has 170 valence electrons. The number of aryl methyl sites for hydroxylation is 1. The van der Waals surface area contributed by atoms with Crippen LogP contribution in [-0.2, 0) is 4.79 Å². The summed E-state index contributed by atoms with van der Waals surface area (Å²) in [5, 5.41) is 3.30. The standard InChI is InChI=1S/C24H23FN4O3S/c1-14-11-20-22(26-14)23(31)29(18-9-7-17(25)8-10-18)24(28-20)33-13-21(30)27-15(2)16-5-4-6-19(12-16)32-3/h4-12,15,26H,13H2,1-3H3,(H,27,30)/t15-/m0/s1. The van der Waals surface area contributed by atoms with Gasteiger partial charge in [-0.1, -0.05) is 23.9 Å². The average Bonchev–Trinajstić information content (AvgIpc) is 3.19. The van der Waals surface area contributed by atoms with Crippen LogP contribution in [0.2, 0.25) is 0 Å². The van der Waals surface area contributed by atoms with E-state index in [1.54, 1.807) is 13.2 Å². The molecule has 1 atom stereocenters. The number of aromatic nitrogens is 3. The fraction of sp³-hybridized carbons (Fsp3) is 0.208. The molecule has 2 heterocycles. The molecular formula is C24H23FN4O3S. The number of thioether (sulfide) groups is 1. The van der Waals surface area contributed by atoms with Gasteiger partial charge >= 0.3 is 0 Å². The fourth-order valence-electron chi connectivity index (χ4n) is 3.50. The molecule has 1 amide bonds. The van der Waals surface area contributed by atoms with E-state index in [0.717, 1.165) is 23.0 Å². The number of ether oxygens (including phenoxy) is 1. The van der Waals surface area contributed by atoms with E-state index >= 15 is 0 Å². The normalized spacial score (nSPS) is 12.0. The quantitative estimate of drug-likeness (QED) is 0.316. The highest BCUT2D eigenvalue weighted by atomic mass is 32.2. The van der Waals surface area contributed by atoms with Crippen molar-refractivity contribution >= 4 is 28.7 Å². The Bertz CT molecular complexity index is 1360. The number of nitrogens with zero attached hydrogens (tertiary/aromatic N) is 2. The van der Waals surface area contributed by atoms with E-state index in [4.69, 9.17) is 4.74 Å². The second kappa shape index (κ2) is 9.50. The average molecular weight is 467 g/mol. The highest BCUT2D eigenvalue weighted by molar-refractivity contribution is 7.99. The number of benzene rings is 2. The zero-order chi connectivity index (χ0) is 23.5. The van der Waals surface area contributed by atoms with Crippen LogP contribution in [-0.4, -0.2) is 33.3 Å². The Morgan fingerprint density at radius 1 is 1.24 bits per heavy atom. The number of nitrogens with one attached hydrogen (secondary N) is 2. The van der Waals surface area contributed by atoms with Gasteiger partial charge in [0.05, 0.1) is 30.1 Å². The molecule has 0 aliphatic carbocycles. The molecule has 0 saturated carbocycles. The highest BCUT2D eigenvalue weighted by Crippen LogP contribution is 2.23. The summed E-state index contributed by atoms with van der Waals surface area (Å²) in [4.78, 5) is 33.5. The molecule has 0 radical (unpaired) electrons. The van der Waals surface area contributed by atoms with Crippen molar-refractivity contribution in [3.63, 3.8) is 0 Å². The van der Waals surface area contributed by atoms with E-state index in [1.165, 1.54) is 28.8 Å². The lowest BCUT2D eigenvalue weighted by atomic mass is 10.1. The van der Waals surface area contributed by atoms with Crippen molar-refractivity contribution in [3.8, 4) is 11.4 Å². The van der Waals surface area contributed by atoms with E-state index in [1.807, 2.05) is 38.1 Å². The monoisotopic (exact) mass is 466 g/mol. The molecule has 4 aromatic rings. The molecule has 0 fully saturated rings. The van der Waals surface area contributed by atoms with Gasteiger partial charge in [0.25, 0.3) is 5.56 Å². The Kier molecular flexibility index (Phi) is 6.50. The molecule has 7 nitrogen and oxygen atoms in total. The van der Waals surface area contributed by atoms with Gasteiger partial charge in [-0.3, -0.25) is 14.2 Å². The van der Waals surface area contributed by atoms with Crippen molar-refractivity contribution in [2.24, 2.45) is 0 Å². The van der Waals surface area contributed by atoms with E-state index in [0.29, 0.717) is 27.6 Å². The van der Waals surface area contributed by atoms with Crippen molar-refractivity contribution in [2.45, 2.75) is 25.0 Å². The number of amides is 1. The first-order chi connectivity index (χ1) is 15.9. The maximum atomic E-state index is 13.4. The van der Waals surface area contributed by atoms with Crippen LogP contribution < -0.4 is 15.6 Å². The molecular weight excluding hydrogens is 443 g/mol. The number of rotatable bonds is 7. The first kappa shape index (κ1) is 22.6. The maximum Gasteiger partial charge on any atom is 0.283 e. The first-order valence-electron chi connectivity index (χ1n) is 10.3. The highest BCUT2D eigenvalue weighted by Gasteiger charge is 2.17. The SMILES string of the molecule is COc1cccc([C@H](C)NC(=O)CSc2nc3cc(C)[nH]c3c(=O)n2-c2ccc(F)cc2)c1. The number of methoxy groups -OCH3 is 1. The number of fused-ring (bicyclic) bond motifs is 1. The zero-order valence-electron chi connectivity index (χ0n) is 18.4. The fourth-order valence-corrected chi connectivity index (χ4v) is 4.32. The molecule has 0 saturated heterocycles. The summed E-state index contributed by atoms with van der Waals surface area (Å²) >= 11 is 1.14. The predicted octanol–water partition coefficient (Wildman–Crippen LogP) is 4.14. The molecule has 2 N–H and O–H groups in total. The molecule has 9 heteroatoms. The van der Waals surface area contributed by atoms with Gasteiger partial charge in [-0.15, -0.1) is 0 Å². The van der Waals surface area contributed by atoms with Gasteiger partial charge in [0.1, 0.15) is 17.1 Å². The number of halogens is 1. The summed E-state index contributed by atoms with van der Waals surface area (Å²) < 4.78 is 20.1. The Labute approximate surface area is 194 Å². The molecule has 0 aliphatic rings. The largest absolute Gasteiger partial charge is 0.497 e. The summed E-state index contributed by atoms with van der Waals surface area (Å²) in [5.74, 6) is 0.152. The van der Waals surface area contributed by atoms with Crippen LogP contribution in [0.1, 0.15) is 24.2 Å². The molecule has 33 heavy (non-hydrogen) atoms. The van der Waals surface area contributed by atoms with Crippen LogP contribution in [0.25, 0.3) is 16.7 Å². The lowest BCUT2D eigenvalue weighted by Crippen LogP contribution is -2.29. The predicted molar refractivity (Wildman–Crippen MR) is 127 cm³/mol. The van der Waals surface area contributed by atoms with Gasteiger partial charge in [0, 0.05) is 5.69 Å². The number of carbonyl (C=O) groups is 1. The molecule has 4 rings (SSSR count). The van der Waals surface area contributed by atoms with Crippen molar-refractivity contribution < 1.29 is 13.9 Å². The third kappa shape index (κ3) is 4.93. The third-order valence-electron chi connectivity index (χ3n) is 5.14. The van der Waals surface area contributed by atoms with Gasteiger partial charge in [0.15, 0.2) is 5.16 Å². The second-order valence-electron chi connectivity index (χ2n) is 7.58. The topological polar surface area (TPSA) is 89.0 Å². The van der Waals surface area contributed by atoms with Crippen LogP contribution >= 0.6 is 11.8 Å². The van der Waals surface area contributed by atoms with Gasteiger partial charge in [-0.25, -0.2) is 9.37 Å². The molecule has 0 unspecified atom stereocenters. The molecule has 0 bridgehead atoms. The summed E-state index contributed by atoms with van der Waals surface area (Å²) in [5.41, 5.74) is 2.74. The maximum absolute atomic E-state index is 13.4. The number of H-pyrrole nitrogens is 1. The minimum atomic E-state index is -0.406. The third-order valence-corrected chi connectivity index (χ3v) is 6.08. The summed E-state index contributed by atoms with van der Waals surface area (Å²) in [7, 11) is 1.59. The minimum Gasteiger partial charge on any atom is -0.497 e. The Morgan fingerprint density at radius 2 is 2.00 bits per heavy atom. The first-order valence-corrected chi connectivity index (χ1v) is 11.3. The Morgan fingerprint density at radius 3 is 2.73 bits per heavy atom. The summed E-state index contributed by atoms with van der Waals surface area (Å²) in [6.45, 7) is 3.72.